The third-order valence-electron chi connectivity index (χ3n) is 10.5. The molecule has 15 heteroatoms. The molecule has 2 heterocycles. The Labute approximate surface area is 328 Å². The Balaban J connectivity index is 0.973. The predicted octanol–water partition coefficient (Wildman–Crippen LogP) is 5.12. The highest BCUT2D eigenvalue weighted by atomic mass is 32.2. The Hall–Kier alpha value is -5.31. The SMILES string of the molecule is C=C[C@@H]1C[C@]1(NC(=O)[C@@H]1CCCN1C(=O)[C@@H](NC(=O)OCCCC/C=C/c1cccc(-c2n[nH]nc2-c2ccccc2)c1)C(C)(C)C)C(=O)NS(=O)(=O)C1CC1. The Bertz CT molecular complexity index is 2070. The number of ether oxygens (including phenoxy) is 1. The first kappa shape index (κ1) is 40.4. The highest BCUT2D eigenvalue weighted by Crippen LogP contribution is 2.45. The zero-order chi connectivity index (χ0) is 40.1. The number of rotatable bonds is 16. The van der Waals surface area contributed by atoms with Crippen LogP contribution in [0.15, 0.2) is 73.3 Å². The lowest BCUT2D eigenvalue weighted by molar-refractivity contribution is -0.142. The summed E-state index contributed by atoms with van der Waals surface area (Å²) in [6, 6.07) is 16.1. The summed E-state index contributed by atoms with van der Waals surface area (Å²) < 4.78 is 32.6. The molecule has 2 aliphatic carbocycles. The smallest absolute Gasteiger partial charge is 0.407 e. The van der Waals surface area contributed by atoms with Crippen molar-refractivity contribution in [1.82, 2.24) is 35.7 Å². The highest BCUT2D eigenvalue weighted by Gasteiger charge is 2.61. The molecule has 4 N–H and O–H groups in total. The molecule has 0 bridgehead atoms. The number of amides is 4. The van der Waals surface area contributed by atoms with Crippen molar-refractivity contribution < 1.29 is 32.3 Å². The van der Waals surface area contributed by atoms with Gasteiger partial charge >= 0.3 is 6.09 Å². The fourth-order valence-electron chi connectivity index (χ4n) is 7.06. The molecule has 4 amide bonds. The van der Waals surface area contributed by atoms with Crippen molar-refractivity contribution in [2.45, 2.75) is 95.0 Å². The number of aromatic amines is 1. The number of unbranched alkanes of at least 4 members (excludes halogenated alkanes) is 2. The van der Waals surface area contributed by atoms with Crippen molar-refractivity contribution in [2.75, 3.05) is 13.2 Å². The Morgan fingerprint density at radius 3 is 2.41 bits per heavy atom. The van der Waals surface area contributed by atoms with E-state index in [0.29, 0.717) is 32.1 Å². The molecule has 1 saturated heterocycles. The molecule has 6 rings (SSSR count). The van der Waals surface area contributed by atoms with Gasteiger partial charge < -0.3 is 20.3 Å². The van der Waals surface area contributed by atoms with Gasteiger partial charge in [-0.2, -0.15) is 15.4 Å². The molecular weight excluding hydrogens is 735 g/mol. The summed E-state index contributed by atoms with van der Waals surface area (Å²) in [5.41, 5.74) is 2.34. The van der Waals surface area contributed by atoms with E-state index in [0.717, 1.165) is 40.9 Å². The quantitative estimate of drug-likeness (QED) is 0.113. The summed E-state index contributed by atoms with van der Waals surface area (Å²) in [5.74, 6) is -2.23. The lowest BCUT2D eigenvalue weighted by Gasteiger charge is -2.35. The second kappa shape index (κ2) is 16.8. The van der Waals surface area contributed by atoms with Crippen molar-refractivity contribution >= 4 is 39.9 Å². The number of carbonyl (C=O) groups is 4. The van der Waals surface area contributed by atoms with Crippen molar-refractivity contribution in [3.8, 4) is 22.5 Å². The minimum absolute atomic E-state index is 0.161. The van der Waals surface area contributed by atoms with Gasteiger partial charge in [0, 0.05) is 23.6 Å². The first-order valence-corrected chi connectivity index (χ1v) is 20.8. The number of likely N-dealkylation sites (tertiary alicyclic amines) is 1. The topological polar surface area (TPSA) is 193 Å². The van der Waals surface area contributed by atoms with E-state index >= 15 is 0 Å². The van der Waals surface area contributed by atoms with Crippen LogP contribution in [0.25, 0.3) is 28.6 Å². The summed E-state index contributed by atoms with van der Waals surface area (Å²) in [6.07, 6.45) is 9.14. The third-order valence-corrected chi connectivity index (χ3v) is 12.3. The molecule has 298 valence electrons. The molecule has 1 aliphatic heterocycles. The summed E-state index contributed by atoms with van der Waals surface area (Å²) in [5, 5.41) is 16.4. The van der Waals surface area contributed by atoms with Crippen LogP contribution in [0.2, 0.25) is 0 Å². The van der Waals surface area contributed by atoms with Crippen molar-refractivity contribution in [1.29, 1.82) is 0 Å². The number of H-pyrrole nitrogens is 1. The molecule has 3 aromatic rings. The number of allylic oxidation sites excluding steroid dienone is 1. The lowest BCUT2D eigenvalue weighted by Crippen LogP contribution is -2.60. The number of hydrogen-bond acceptors (Lipinski definition) is 9. The number of sulfonamides is 1. The average molecular weight is 786 g/mol. The van der Waals surface area contributed by atoms with Crippen LogP contribution in [0.3, 0.4) is 0 Å². The van der Waals surface area contributed by atoms with Gasteiger partial charge in [0.25, 0.3) is 5.91 Å². The zero-order valence-electron chi connectivity index (χ0n) is 32.1. The molecule has 3 fully saturated rings. The summed E-state index contributed by atoms with van der Waals surface area (Å²) in [6.45, 7) is 9.63. The first-order valence-electron chi connectivity index (χ1n) is 19.2. The molecule has 0 unspecified atom stereocenters. The van der Waals surface area contributed by atoms with Gasteiger partial charge in [-0.05, 0) is 68.4 Å². The standard InChI is InChI=1S/C41H51N7O7S/c1-5-30-26-41(30,38(51)46-56(53,54)31-21-22-31)43-36(49)32-20-14-23-48(32)37(50)35(40(2,3)4)42-39(52)55-24-12-7-6-9-15-27-16-13-19-29(25-27)34-33(44-47-45-34)28-17-10-8-11-18-28/h5,8-11,13,15-19,25,30-32,35H,1,6-7,12,14,20-24,26H2,2-4H3,(H,42,52)(H,43,49)(H,46,51)(H,44,45,47)/b15-9+/t30-,32+,35-,41-/m1/s1. The molecule has 14 nitrogen and oxygen atoms in total. The van der Waals surface area contributed by atoms with Gasteiger partial charge in [-0.15, -0.1) is 6.58 Å². The van der Waals surface area contributed by atoms with Gasteiger partial charge in [0.15, 0.2) is 0 Å². The third kappa shape index (κ3) is 9.37. The molecule has 2 saturated carbocycles. The van der Waals surface area contributed by atoms with Gasteiger partial charge in [0.05, 0.1) is 11.9 Å². The van der Waals surface area contributed by atoms with Gasteiger partial charge in [-0.3, -0.25) is 19.1 Å². The summed E-state index contributed by atoms with van der Waals surface area (Å²) in [4.78, 5) is 55.2. The molecule has 0 radical (unpaired) electrons. The molecule has 1 aromatic heterocycles. The van der Waals surface area contributed by atoms with E-state index < -0.39 is 68.0 Å². The van der Waals surface area contributed by atoms with Crippen LogP contribution in [0.5, 0.6) is 0 Å². The van der Waals surface area contributed by atoms with Gasteiger partial charge in [-0.1, -0.05) is 87.5 Å². The van der Waals surface area contributed by atoms with E-state index in [1.807, 2.05) is 75.4 Å². The Morgan fingerprint density at radius 2 is 1.73 bits per heavy atom. The van der Waals surface area contributed by atoms with Gasteiger partial charge in [0.2, 0.25) is 21.8 Å². The van der Waals surface area contributed by atoms with E-state index in [9.17, 15) is 27.6 Å². The van der Waals surface area contributed by atoms with Crippen LogP contribution < -0.4 is 15.4 Å². The second-order valence-electron chi connectivity index (χ2n) is 15.9. The Kier molecular flexibility index (Phi) is 12.1. The van der Waals surface area contributed by atoms with Gasteiger partial charge in [0.1, 0.15) is 29.0 Å². The first-order chi connectivity index (χ1) is 26.7. The number of carbonyl (C=O) groups excluding carboxylic acids is 4. The minimum atomic E-state index is -3.83. The van der Waals surface area contributed by atoms with Crippen LogP contribution in [0, 0.1) is 11.3 Å². The van der Waals surface area contributed by atoms with Crippen molar-refractivity contribution in [3.05, 3.63) is 78.9 Å². The highest BCUT2D eigenvalue weighted by molar-refractivity contribution is 7.91. The number of hydrogen-bond donors (Lipinski definition) is 4. The Morgan fingerprint density at radius 1 is 1.02 bits per heavy atom. The van der Waals surface area contributed by atoms with Crippen LogP contribution in [0.4, 0.5) is 4.79 Å². The molecular formula is C41H51N7O7S. The summed E-state index contributed by atoms with van der Waals surface area (Å²) in [7, 11) is -3.83. The summed E-state index contributed by atoms with van der Waals surface area (Å²) >= 11 is 0. The molecule has 4 atom stereocenters. The van der Waals surface area contributed by atoms with Gasteiger partial charge in [-0.25, -0.2) is 13.2 Å². The maximum absolute atomic E-state index is 14.0. The maximum Gasteiger partial charge on any atom is 0.407 e. The predicted molar refractivity (Wildman–Crippen MR) is 212 cm³/mol. The average Bonchev–Trinajstić information content (AvgIpc) is 4.04. The minimum Gasteiger partial charge on any atom is -0.450 e. The monoisotopic (exact) mass is 785 g/mol. The fraction of sp³-hybridized carbons (Fsp3) is 0.463. The fourth-order valence-corrected chi connectivity index (χ4v) is 8.43. The number of aromatic nitrogens is 3. The normalized spacial score (nSPS) is 21.3. The molecule has 0 spiro atoms. The maximum atomic E-state index is 14.0. The van der Waals surface area contributed by atoms with Crippen molar-refractivity contribution in [3.63, 3.8) is 0 Å². The second-order valence-corrected chi connectivity index (χ2v) is 17.8. The van der Waals surface area contributed by atoms with E-state index in [1.54, 1.807) is 0 Å². The van der Waals surface area contributed by atoms with Crippen LogP contribution >= 0.6 is 0 Å². The largest absolute Gasteiger partial charge is 0.450 e. The molecule has 56 heavy (non-hydrogen) atoms. The van der Waals surface area contributed by atoms with E-state index in [2.05, 4.69) is 49.5 Å². The van der Waals surface area contributed by atoms with E-state index in [1.165, 1.54) is 11.0 Å². The van der Waals surface area contributed by atoms with Crippen LogP contribution in [-0.4, -0.2) is 88.6 Å². The number of alkyl carbamates (subject to hydrolysis) is 1. The molecule has 2 aromatic carbocycles. The van der Waals surface area contributed by atoms with Crippen LogP contribution in [-0.2, 0) is 29.1 Å². The number of nitrogens with one attached hydrogen (secondary N) is 4. The number of nitrogens with zero attached hydrogens (tertiary/aromatic N) is 3. The van der Waals surface area contributed by atoms with E-state index in [-0.39, 0.29) is 19.6 Å². The zero-order valence-corrected chi connectivity index (χ0v) is 32.9. The molecule has 3 aliphatic rings. The van der Waals surface area contributed by atoms with Crippen molar-refractivity contribution in [2.24, 2.45) is 11.3 Å². The lowest BCUT2D eigenvalue weighted by atomic mass is 9.85. The number of benzene rings is 2. The van der Waals surface area contributed by atoms with E-state index in [4.69, 9.17) is 4.74 Å². The van der Waals surface area contributed by atoms with Crippen LogP contribution in [0.1, 0.15) is 77.7 Å².